The van der Waals surface area contributed by atoms with Crippen LogP contribution < -0.4 is 5.32 Å². The molecule has 6 heteroatoms. The smallest absolute Gasteiger partial charge is 0.251 e. The molecule has 0 bridgehead atoms. The van der Waals surface area contributed by atoms with E-state index in [2.05, 4.69) is 20.5 Å². The van der Waals surface area contributed by atoms with Crippen LogP contribution in [-0.2, 0) is 0 Å². The van der Waals surface area contributed by atoms with Gasteiger partial charge in [0.1, 0.15) is 5.15 Å². The molecule has 2 rings (SSSR count). The van der Waals surface area contributed by atoms with E-state index in [0.29, 0.717) is 10.7 Å². The molecule has 0 aromatic carbocycles. The molecule has 17 heavy (non-hydrogen) atoms. The van der Waals surface area contributed by atoms with Gasteiger partial charge in [-0.05, 0) is 19.1 Å². The van der Waals surface area contributed by atoms with E-state index in [1.165, 1.54) is 12.3 Å². The Morgan fingerprint density at radius 2 is 2.41 bits per heavy atom. The Kier molecular flexibility index (Phi) is 3.39. The average Bonchev–Trinajstić information content (AvgIpc) is 2.82. The summed E-state index contributed by atoms with van der Waals surface area (Å²) >= 11 is 5.72. The van der Waals surface area contributed by atoms with E-state index in [-0.39, 0.29) is 11.9 Å². The van der Waals surface area contributed by atoms with Crippen LogP contribution in [0.3, 0.4) is 0 Å². The second-order valence-corrected chi connectivity index (χ2v) is 3.98. The molecule has 0 radical (unpaired) electrons. The Labute approximate surface area is 103 Å². The van der Waals surface area contributed by atoms with E-state index in [1.54, 1.807) is 18.5 Å². The Bertz CT molecular complexity index is 512. The van der Waals surface area contributed by atoms with Crippen molar-refractivity contribution >= 4 is 17.5 Å². The molecule has 1 unspecified atom stereocenters. The van der Waals surface area contributed by atoms with Crippen LogP contribution >= 0.6 is 11.6 Å². The van der Waals surface area contributed by atoms with Crippen molar-refractivity contribution in [3.63, 3.8) is 0 Å². The lowest BCUT2D eigenvalue weighted by atomic mass is 10.1. The largest absolute Gasteiger partial charge is 0.345 e. The fourth-order valence-electron chi connectivity index (χ4n) is 1.40. The minimum atomic E-state index is -0.192. The Morgan fingerprint density at radius 3 is 3.06 bits per heavy atom. The van der Waals surface area contributed by atoms with Crippen molar-refractivity contribution in [2.45, 2.75) is 13.0 Å². The highest BCUT2D eigenvalue weighted by Crippen LogP contribution is 2.12. The van der Waals surface area contributed by atoms with Crippen LogP contribution in [0.2, 0.25) is 5.15 Å². The van der Waals surface area contributed by atoms with Crippen LogP contribution in [0.25, 0.3) is 0 Å². The SMILES string of the molecule is CC(NC(=O)c1ccnc(Cl)c1)c1cn[nH]c1. The number of rotatable bonds is 3. The summed E-state index contributed by atoms with van der Waals surface area (Å²) < 4.78 is 0. The van der Waals surface area contributed by atoms with E-state index in [1.807, 2.05) is 6.92 Å². The number of nitrogens with one attached hydrogen (secondary N) is 2. The second kappa shape index (κ2) is 4.97. The van der Waals surface area contributed by atoms with Crippen LogP contribution in [0.4, 0.5) is 0 Å². The number of aromatic amines is 1. The van der Waals surface area contributed by atoms with Crippen molar-refractivity contribution in [3.8, 4) is 0 Å². The summed E-state index contributed by atoms with van der Waals surface area (Å²) in [5, 5.41) is 9.67. The van der Waals surface area contributed by atoms with Gasteiger partial charge in [-0.3, -0.25) is 9.89 Å². The zero-order chi connectivity index (χ0) is 12.3. The molecule has 0 saturated carbocycles. The fourth-order valence-corrected chi connectivity index (χ4v) is 1.58. The third kappa shape index (κ3) is 2.82. The third-order valence-electron chi connectivity index (χ3n) is 2.36. The van der Waals surface area contributed by atoms with Crippen LogP contribution in [0.5, 0.6) is 0 Å². The summed E-state index contributed by atoms with van der Waals surface area (Å²) in [7, 11) is 0. The summed E-state index contributed by atoms with van der Waals surface area (Å²) in [6.07, 6.45) is 4.91. The molecule has 1 amide bonds. The van der Waals surface area contributed by atoms with E-state index < -0.39 is 0 Å². The van der Waals surface area contributed by atoms with Crippen molar-refractivity contribution in [2.24, 2.45) is 0 Å². The van der Waals surface area contributed by atoms with Crippen LogP contribution in [0, 0.1) is 0 Å². The van der Waals surface area contributed by atoms with Crippen molar-refractivity contribution < 1.29 is 4.79 Å². The van der Waals surface area contributed by atoms with Gasteiger partial charge in [-0.1, -0.05) is 11.6 Å². The first kappa shape index (κ1) is 11.6. The summed E-state index contributed by atoms with van der Waals surface area (Å²) in [6.45, 7) is 1.88. The highest BCUT2D eigenvalue weighted by molar-refractivity contribution is 6.29. The minimum absolute atomic E-state index is 0.117. The first-order valence-corrected chi connectivity index (χ1v) is 5.45. The summed E-state index contributed by atoms with van der Waals surface area (Å²) in [5.41, 5.74) is 1.40. The molecule has 2 aromatic rings. The van der Waals surface area contributed by atoms with E-state index >= 15 is 0 Å². The predicted octanol–water partition coefficient (Wildman–Crippen LogP) is 1.95. The molecule has 88 valence electrons. The number of carbonyl (C=O) groups excluding carboxylic acids is 1. The van der Waals surface area contributed by atoms with Gasteiger partial charge in [-0.2, -0.15) is 5.10 Å². The highest BCUT2D eigenvalue weighted by Gasteiger charge is 2.12. The molecule has 2 aromatic heterocycles. The number of carbonyl (C=O) groups is 1. The fraction of sp³-hybridized carbons (Fsp3) is 0.182. The molecule has 0 spiro atoms. The number of hydrogen-bond donors (Lipinski definition) is 2. The molecule has 0 saturated heterocycles. The van der Waals surface area contributed by atoms with Crippen molar-refractivity contribution in [2.75, 3.05) is 0 Å². The molecule has 0 aliphatic heterocycles. The van der Waals surface area contributed by atoms with Gasteiger partial charge in [0.15, 0.2) is 0 Å². The lowest BCUT2D eigenvalue weighted by molar-refractivity contribution is 0.0940. The van der Waals surface area contributed by atoms with Crippen molar-refractivity contribution in [3.05, 3.63) is 47.0 Å². The van der Waals surface area contributed by atoms with E-state index in [9.17, 15) is 4.79 Å². The maximum Gasteiger partial charge on any atom is 0.251 e. The number of pyridine rings is 1. The number of hydrogen-bond acceptors (Lipinski definition) is 3. The normalized spacial score (nSPS) is 12.1. The Balaban J connectivity index is 2.07. The van der Waals surface area contributed by atoms with Gasteiger partial charge in [0.25, 0.3) is 5.91 Å². The Hall–Kier alpha value is -1.88. The number of aromatic nitrogens is 3. The first-order chi connectivity index (χ1) is 8.16. The van der Waals surface area contributed by atoms with E-state index in [4.69, 9.17) is 11.6 Å². The monoisotopic (exact) mass is 250 g/mol. The lowest BCUT2D eigenvalue weighted by Crippen LogP contribution is -2.26. The zero-order valence-corrected chi connectivity index (χ0v) is 9.90. The standard InChI is InChI=1S/C11H11ClN4O/c1-7(9-5-14-15-6-9)16-11(17)8-2-3-13-10(12)4-8/h2-7H,1H3,(H,14,15)(H,16,17). The average molecular weight is 251 g/mol. The molecular weight excluding hydrogens is 240 g/mol. The lowest BCUT2D eigenvalue weighted by Gasteiger charge is -2.11. The minimum Gasteiger partial charge on any atom is -0.345 e. The topological polar surface area (TPSA) is 70.7 Å². The van der Waals surface area contributed by atoms with Gasteiger partial charge in [-0.25, -0.2) is 4.98 Å². The second-order valence-electron chi connectivity index (χ2n) is 3.59. The Morgan fingerprint density at radius 1 is 1.59 bits per heavy atom. The van der Waals surface area contributed by atoms with Crippen LogP contribution in [0.1, 0.15) is 28.9 Å². The van der Waals surface area contributed by atoms with Gasteiger partial charge >= 0.3 is 0 Å². The summed E-state index contributed by atoms with van der Waals surface area (Å²) in [6, 6.07) is 3.02. The summed E-state index contributed by atoms with van der Waals surface area (Å²) in [5.74, 6) is -0.192. The third-order valence-corrected chi connectivity index (χ3v) is 2.56. The molecule has 5 nitrogen and oxygen atoms in total. The zero-order valence-electron chi connectivity index (χ0n) is 9.14. The van der Waals surface area contributed by atoms with Crippen molar-refractivity contribution in [1.82, 2.24) is 20.5 Å². The number of H-pyrrole nitrogens is 1. The van der Waals surface area contributed by atoms with Crippen LogP contribution in [0.15, 0.2) is 30.7 Å². The predicted molar refractivity (Wildman–Crippen MR) is 63.7 cm³/mol. The van der Waals surface area contributed by atoms with Gasteiger partial charge in [0, 0.05) is 23.5 Å². The van der Waals surface area contributed by atoms with Crippen molar-refractivity contribution in [1.29, 1.82) is 0 Å². The first-order valence-electron chi connectivity index (χ1n) is 5.08. The molecular formula is C11H11ClN4O. The highest BCUT2D eigenvalue weighted by atomic mass is 35.5. The molecule has 2 heterocycles. The van der Waals surface area contributed by atoms with Gasteiger partial charge in [0.05, 0.1) is 12.2 Å². The van der Waals surface area contributed by atoms with Gasteiger partial charge in [-0.15, -0.1) is 0 Å². The molecule has 0 aliphatic carbocycles. The maximum absolute atomic E-state index is 11.9. The molecule has 0 fully saturated rings. The number of amides is 1. The van der Waals surface area contributed by atoms with E-state index in [0.717, 1.165) is 5.56 Å². The molecule has 0 aliphatic rings. The maximum atomic E-state index is 11.9. The van der Waals surface area contributed by atoms with Gasteiger partial charge < -0.3 is 5.32 Å². The van der Waals surface area contributed by atoms with Gasteiger partial charge in [0.2, 0.25) is 0 Å². The number of nitrogens with zero attached hydrogens (tertiary/aromatic N) is 2. The molecule has 1 atom stereocenters. The quantitative estimate of drug-likeness (QED) is 0.818. The number of halogens is 1. The summed E-state index contributed by atoms with van der Waals surface area (Å²) in [4.78, 5) is 15.7. The molecule has 2 N–H and O–H groups in total. The van der Waals surface area contributed by atoms with Crippen LogP contribution in [-0.4, -0.2) is 21.1 Å².